The van der Waals surface area contributed by atoms with Crippen LogP contribution in [0, 0.1) is 0 Å². The Morgan fingerprint density at radius 1 is 1.29 bits per heavy atom. The first-order valence-electron chi connectivity index (χ1n) is 5.22. The summed E-state index contributed by atoms with van der Waals surface area (Å²) in [6.07, 6.45) is 4.64. The summed E-state index contributed by atoms with van der Waals surface area (Å²) in [5.41, 5.74) is 2.98. The second kappa shape index (κ2) is 4.22. The van der Waals surface area contributed by atoms with Crippen molar-refractivity contribution >= 4 is 11.8 Å². The van der Waals surface area contributed by atoms with Gasteiger partial charge in [0.05, 0.1) is 0 Å². The second-order valence-electron chi connectivity index (χ2n) is 4.05. The maximum absolute atomic E-state index is 2.38. The fourth-order valence-electron chi connectivity index (χ4n) is 1.70. The van der Waals surface area contributed by atoms with Crippen LogP contribution in [-0.4, -0.2) is 0 Å². The molecule has 1 aliphatic rings. The van der Waals surface area contributed by atoms with Crippen molar-refractivity contribution in [3.8, 4) is 0 Å². The van der Waals surface area contributed by atoms with E-state index in [2.05, 4.69) is 43.5 Å². The Balaban J connectivity index is 2.35. The predicted molar refractivity (Wildman–Crippen MR) is 63.8 cm³/mol. The van der Waals surface area contributed by atoms with Crippen LogP contribution in [-0.2, 0) is 6.42 Å². The molecule has 0 unspecified atom stereocenters. The minimum Gasteiger partial charge on any atom is -0.0981 e. The van der Waals surface area contributed by atoms with E-state index in [1.54, 1.807) is 0 Å². The van der Waals surface area contributed by atoms with Crippen LogP contribution in [0.3, 0.4) is 0 Å². The lowest BCUT2D eigenvalue weighted by molar-refractivity contribution is 0.854. The molecule has 0 aliphatic carbocycles. The maximum atomic E-state index is 2.38. The summed E-state index contributed by atoms with van der Waals surface area (Å²) in [7, 11) is 0. The van der Waals surface area contributed by atoms with Crippen LogP contribution in [0.4, 0.5) is 0 Å². The molecule has 0 amide bonds. The first kappa shape index (κ1) is 9.85. The molecule has 1 heteroatoms. The second-order valence-corrected chi connectivity index (χ2v) is 5.00. The zero-order valence-electron chi connectivity index (χ0n) is 8.79. The highest BCUT2D eigenvalue weighted by molar-refractivity contribution is 8.02. The predicted octanol–water partition coefficient (Wildman–Crippen LogP) is 4.36. The Morgan fingerprint density at radius 2 is 2.14 bits per heavy atom. The van der Waals surface area contributed by atoms with Gasteiger partial charge >= 0.3 is 0 Å². The standard InChI is InChI=1S/C13H16S/c1-10(2)11-6-7-13-12(9-11)5-3-4-8-14-13/h4,6-10H,3,5H2,1-2H3. The molecule has 1 aromatic carbocycles. The van der Waals surface area contributed by atoms with Gasteiger partial charge in [-0.05, 0) is 41.4 Å². The lowest BCUT2D eigenvalue weighted by Crippen LogP contribution is -1.92. The topological polar surface area (TPSA) is 0 Å². The number of hydrogen-bond donors (Lipinski definition) is 0. The third kappa shape index (κ3) is 2.03. The van der Waals surface area contributed by atoms with E-state index < -0.39 is 0 Å². The normalized spacial score (nSPS) is 15.4. The molecular formula is C13H16S. The quantitative estimate of drug-likeness (QED) is 0.655. The van der Waals surface area contributed by atoms with Crippen molar-refractivity contribution in [1.82, 2.24) is 0 Å². The smallest absolute Gasteiger partial charge is 0.0148 e. The highest BCUT2D eigenvalue weighted by Gasteiger charge is 2.07. The van der Waals surface area contributed by atoms with Crippen molar-refractivity contribution in [2.45, 2.75) is 37.5 Å². The van der Waals surface area contributed by atoms with Crippen LogP contribution in [0.2, 0.25) is 0 Å². The Labute approximate surface area is 90.4 Å². The van der Waals surface area contributed by atoms with Gasteiger partial charge in [-0.25, -0.2) is 0 Å². The molecule has 0 nitrogen and oxygen atoms in total. The SMILES string of the molecule is CC(C)c1ccc2c(c1)CCC=CS2. The minimum absolute atomic E-state index is 0.640. The molecule has 0 N–H and O–H groups in total. The van der Waals surface area contributed by atoms with Crippen LogP contribution < -0.4 is 0 Å². The summed E-state index contributed by atoms with van der Waals surface area (Å²) in [6, 6.07) is 6.90. The number of hydrogen-bond acceptors (Lipinski definition) is 1. The van der Waals surface area contributed by atoms with Gasteiger partial charge in [0.1, 0.15) is 0 Å². The molecule has 0 saturated carbocycles. The molecular weight excluding hydrogens is 188 g/mol. The zero-order valence-corrected chi connectivity index (χ0v) is 9.60. The van der Waals surface area contributed by atoms with Gasteiger partial charge in [-0.3, -0.25) is 0 Å². The Kier molecular flexibility index (Phi) is 2.97. The fraction of sp³-hybridized carbons (Fsp3) is 0.385. The van der Waals surface area contributed by atoms with Crippen molar-refractivity contribution in [1.29, 1.82) is 0 Å². The molecule has 74 valence electrons. The van der Waals surface area contributed by atoms with E-state index in [9.17, 15) is 0 Å². The van der Waals surface area contributed by atoms with Crippen LogP contribution in [0.15, 0.2) is 34.6 Å². The minimum atomic E-state index is 0.640. The lowest BCUT2D eigenvalue weighted by atomic mass is 9.99. The van der Waals surface area contributed by atoms with E-state index in [-0.39, 0.29) is 0 Å². The largest absolute Gasteiger partial charge is 0.0981 e. The molecule has 0 aromatic heterocycles. The van der Waals surface area contributed by atoms with Gasteiger partial charge in [0.25, 0.3) is 0 Å². The fourth-order valence-corrected chi connectivity index (χ4v) is 2.54. The first-order chi connectivity index (χ1) is 6.77. The summed E-state index contributed by atoms with van der Waals surface area (Å²) < 4.78 is 0. The average molecular weight is 204 g/mol. The van der Waals surface area contributed by atoms with Gasteiger partial charge in [-0.15, -0.1) is 0 Å². The van der Waals surface area contributed by atoms with Gasteiger partial charge in [-0.1, -0.05) is 43.8 Å². The van der Waals surface area contributed by atoms with E-state index in [0.29, 0.717) is 5.92 Å². The lowest BCUT2D eigenvalue weighted by Gasteiger charge is -2.10. The number of allylic oxidation sites excluding steroid dienone is 1. The van der Waals surface area contributed by atoms with Gasteiger partial charge in [0.15, 0.2) is 0 Å². The molecule has 1 aliphatic heterocycles. The third-order valence-corrected chi connectivity index (χ3v) is 3.60. The Bertz CT molecular complexity index is 350. The van der Waals surface area contributed by atoms with Crippen LogP contribution >= 0.6 is 11.8 Å². The van der Waals surface area contributed by atoms with Gasteiger partial charge in [0.2, 0.25) is 0 Å². The summed E-state index contributed by atoms with van der Waals surface area (Å²) in [4.78, 5) is 1.43. The highest BCUT2D eigenvalue weighted by atomic mass is 32.2. The zero-order chi connectivity index (χ0) is 9.97. The van der Waals surface area contributed by atoms with Crippen molar-refractivity contribution in [3.63, 3.8) is 0 Å². The van der Waals surface area contributed by atoms with Crippen molar-refractivity contribution < 1.29 is 0 Å². The van der Waals surface area contributed by atoms with Crippen LogP contribution in [0.5, 0.6) is 0 Å². The average Bonchev–Trinajstić information content (AvgIpc) is 2.41. The Morgan fingerprint density at radius 3 is 2.93 bits per heavy atom. The summed E-state index contributed by atoms with van der Waals surface area (Å²) in [5.74, 6) is 0.640. The monoisotopic (exact) mass is 204 g/mol. The third-order valence-electron chi connectivity index (χ3n) is 2.62. The molecule has 0 atom stereocenters. The molecule has 2 rings (SSSR count). The number of thioether (sulfide) groups is 1. The number of benzene rings is 1. The summed E-state index contributed by atoms with van der Waals surface area (Å²) in [5, 5.41) is 2.21. The van der Waals surface area contributed by atoms with Gasteiger partial charge in [0, 0.05) is 4.90 Å². The molecule has 0 fully saturated rings. The number of rotatable bonds is 1. The van der Waals surface area contributed by atoms with E-state index in [4.69, 9.17) is 0 Å². The van der Waals surface area contributed by atoms with E-state index in [1.165, 1.54) is 28.9 Å². The van der Waals surface area contributed by atoms with Crippen LogP contribution in [0.1, 0.15) is 37.3 Å². The van der Waals surface area contributed by atoms with Crippen molar-refractivity contribution in [2.75, 3.05) is 0 Å². The van der Waals surface area contributed by atoms with Gasteiger partial charge in [-0.2, -0.15) is 0 Å². The number of fused-ring (bicyclic) bond motifs is 1. The van der Waals surface area contributed by atoms with E-state index in [1.807, 2.05) is 11.8 Å². The molecule has 0 radical (unpaired) electrons. The van der Waals surface area contributed by atoms with Crippen molar-refractivity contribution in [2.24, 2.45) is 0 Å². The molecule has 0 saturated heterocycles. The summed E-state index contributed by atoms with van der Waals surface area (Å²) in [6.45, 7) is 4.51. The molecule has 1 aromatic rings. The van der Waals surface area contributed by atoms with Crippen molar-refractivity contribution in [3.05, 3.63) is 40.8 Å². The number of aryl methyl sites for hydroxylation is 1. The summed E-state index contributed by atoms with van der Waals surface area (Å²) >= 11 is 1.85. The maximum Gasteiger partial charge on any atom is 0.0148 e. The van der Waals surface area contributed by atoms with E-state index in [0.717, 1.165) is 0 Å². The highest BCUT2D eigenvalue weighted by Crippen LogP contribution is 2.30. The Hall–Kier alpha value is -0.690. The van der Waals surface area contributed by atoms with Crippen LogP contribution in [0.25, 0.3) is 0 Å². The van der Waals surface area contributed by atoms with E-state index >= 15 is 0 Å². The molecule has 0 spiro atoms. The molecule has 1 heterocycles. The first-order valence-corrected chi connectivity index (χ1v) is 6.10. The molecule has 0 bridgehead atoms. The van der Waals surface area contributed by atoms with Gasteiger partial charge < -0.3 is 0 Å². The molecule has 14 heavy (non-hydrogen) atoms.